The fourth-order valence-electron chi connectivity index (χ4n) is 5.42. The average molecular weight is 577 g/mol. The van der Waals surface area contributed by atoms with Gasteiger partial charge in [-0.15, -0.1) is 13.2 Å². The molecule has 2 heterocycles. The molecule has 4 aromatic rings. The van der Waals surface area contributed by atoms with Gasteiger partial charge in [-0.3, -0.25) is 9.78 Å². The molecule has 3 aromatic carbocycles. The van der Waals surface area contributed by atoms with E-state index in [0.29, 0.717) is 29.7 Å². The van der Waals surface area contributed by atoms with Gasteiger partial charge in [0.25, 0.3) is 0 Å². The van der Waals surface area contributed by atoms with E-state index in [-0.39, 0.29) is 30.4 Å². The van der Waals surface area contributed by atoms with Gasteiger partial charge in [-0.25, -0.2) is 4.79 Å². The molecule has 0 radical (unpaired) electrons. The SMILES string of the molecule is CC(C)(C)N(Cc1nccc2ccccc12)C(=O)N1CCc2c(-c3cccc(OC(F)(F)F)c3)ccc(C(N)=O)c2C1. The molecule has 10 heteroatoms. The molecule has 5 rings (SSSR count). The maximum Gasteiger partial charge on any atom is 0.573 e. The number of pyridine rings is 1. The van der Waals surface area contributed by atoms with Gasteiger partial charge in [0.1, 0.15) is 5.75 Å². The molecule has 7 nitrogen and oxygen atoms in total. The molecule has 2 N–H and O–H groups in total. The highest BCUT2D eigenvalue weighted by atomic mass is 19.4. The first-order chi connectivity index (χ1) is 19.8. The summed E-state index contributed by atoms with van der Waals surface area (Å²) in [7, 11) is 0. The van der Waals surface area contributed by atoms with Crippen molar-refractivity contribution in [3.63, 3.8) is 0 Å². The molecule has 0 aliphatic carbocycles. The summed E-state index contributed by atoms with van der Waals surface area (Å²) >= 11 is 0. The number of nitrogens with two attached hydrogens (primary N) is 1. The van der Waals surface area contributed by atoms with Crippen molar-refractivity contribution in [3.8, 4) is 16.9 Å². The third kappa shape index (κ3) is 6.02. The number of aromatic nitrogens is 1. The van der Waals surface area contributed by atoms with Crippen molar-refractivity contribution in [1.82, 2.24) is 14.8 Å². The molecule has 0 fully saturated rings. The van der Waals surface area contributed by atoms with E-state index in [2.05, 4.69) is 9.72 Å². The van der Waals surface area contributed by atoms with Crippen molar-refractivity contribution < 1.29 is 27.5 Å². The lowest BCUT2D eigenvalue weighted by Crippen LogP contribution is -2.52. The molecule has 1 aliphatic heterocycles. The number of hydrogen-bond acceptors (Lipinski definition) is 4. The van der Waals surface area contributed by atoms with E-state index in [1.807, 2.05) is 51.1 Å². The van der Waals surface area contributed by atoms with Crippen LogP contribution in [0, 0.1) is 0 Å². The Morgan fingerprint density at radius 1 is 1.00 bits per heavy atom. The van der Waals surface area contributed by atoms with E-state index < -0.39 is 17.8 Å². The molecule has 3 amide bonds. The number of primary amides is 1. The van der Waals surface area contributed by atoms with Crippen molar-refractivity contribution in [2.45, 2.75) is 52.2 Å². The first-order valence-corrected chi connectivity index (χ1v) is 13.5. The highest BCUT2D eigenvalue weighted by molar-refractivity contribution is 5.96. The van der Waals surface area contributed by atoms with E-state index in [9.17, 15) is 22.8 Å². The van der Waals surface area contributed by atoms with Crippen molar-refractivity contribution in [2.24, 2.45) is 5.73 Å². The Morgan fingerprint density at radius 3 is 2.48 bits per heavy atom. The lowest BCUT2D eigenvalue weighted by atomic mass is 9.87. The number of fused-ring (bicyclic) bond motifs is 2. The fourth-order valence-corrected chi connectivity index (χ4v) is 5.42. The molecule has 0 bridgehead atoms. The molecule has 1 aliphatic rings. The topological polar surface area (TPSA) is 88.8 Å². The van der Waals surface area contributed by atoms with Crippen LogP contribution in [0.1, 0.15) is 48.0 Å². The van der Waals surface area contributed by atoms with E-state index >= 15 is 0 Å². The Bertz CT molecular complexity index is 1660. The van der Waals surface area contributed by atoms with Gasteiger partial charge in [-0.05, 0) is 79.1 Å². The molecule has 0 spiro atoms. The number of carbonyl (C=O) groups excluding carboxylic acids is 2. The molecule has 218 valence electrons. The van der Waals surface area contributed by atoms with Crippen LogP contribution in [0.2, 0.25) is 0 Å². The monoisotopic (exact) mass is 576 g/mol. The van der Waals surface area contributed by atoms with Crippen molar-refractivity contribution in [1.29, 1.82) is 0 Å². The number of nitrogens with zero attached hydrogens (tertiary/aromatic N) is 3. The quantitative estimate of drug-likeness (QED) is 0.287. The maximum absolute atomic E-state index is 14.1. The van der Waals surface area contributed by atoms with Crippen LogP contribution in [0.4, 0.5) is 18.0 Å². The number of benzene rings is 3. The number of hydrogen-bond donors (Lipinski definition) is 1. The number of halogens is 3. The standard InChI is InChI=1S/C32H31F3N4O3/c1-31(2,3)39(19-28-24-10-5-4-7-20(24)13-15-37-28)30(41)38-16-14-25-23(11-12-26(29(36)40)27(25)18-38)21-8-6-9-22(17-21)42-32(33,34)35/h4-13,15,17H,14,16,18-19H2,1-3H3,(H2,36,40). The van der Waals surface area contributed by atoms with Gasteiger partial charge in [0.05, 0.1) is 12.2 Å². The molecule has 0 atom stereocenters. The summed E-state index contributed by atoms with van der Waals surface area (Å²) in [6.45, 7) is 6.61. The number of carbonyl (C=O) groups is 2. The summed E-state index contributed by atoms with van der Waals surface area (Å²) in [5.74, 6) is -0.989. The first-order valence-electron chi connectivity index (χ1n) is 13.5. The maximum atomic E-state index is 14.1. The lowest BCUT2D eigenvalue weighted by Gasteiger charge is -2.41. The van der Waals surface area contributed by atoms with E-state index in [4.69, 9.17) is 5.73 Å². The van der Waals surface area contributed by atoms with Crippen LogP contribution in [-0.2, 0) is 19.5 Å². The molecule has 1 aromatic heterocycles. The highest BCUT2D eigenvalue weighted by Crippen LogP contribution is 2.36. The number of urea groups is 1. The van der Waals surface area contributed by atoms with E-state index in [1.165, 1.54) is 18.2 Å². The van der Waals surface area contributed by atoms with Crippen LogP contribution in [-0.4, -0.2) is 45.2 Å². The predicted octanol–water partition coefficient (Wildman–Crippen LogP) is 6.68. The van der Waals surface area contributed by atoms with Crippen LogP contribution in [0.5, 0.6) is 5.75 Å². The summed E-state index contributed by atoms with van der Waals surface area (Å²) in [4.78, 5) is 34.5. The Labute approximate surface area is 241 Å². The van der Waals surface area contributed by atoms with Gasteiger partial charge in [0.15, 0.2) is 0 Å². The molecular formula is C32H31F3N4O3. The number of ether oxygens (including phenoxy) is 1. The van der Waals surface area contributed by atoms with Crippen molar-refractivity contribution in [3.05, 3.63) is 95.3 Å². The Balaban J connectivity index is 1.49. The minimum atomic E-state index is -4.82. The molecule has 42 heavy (non-hydrogen) atoms. The van der Waals surface area contributed by atoms with Crippen molar-refractivity contribution >= 4 is 22.7 Å². The molecular weight excluding hydrogens is 545 g/mol. The van der Waals surface area contributed by atoms with E-state index in [1.54, 1.807) is 34.2 Å². The second-order valence-electron chi connectivity index (χ2n) is 11.2. The Hall–Kier alpha value is -4.60. The molecule has 0 saturated carbocycles. The zero-order chi connectivity index (χ0) is 30.2. The lowest BCUT2D eigenvalue weighted by molar-refractivity contribution is -0.274. The smallest absolute Gasteiger partial charge is 0.406 e. The van der Waals surface area contributed by atoms with Crippen LogP contribution < -0.4 is 10.5 Å². The Morgan fingerprint density at radius 2 is 1.76 bits per heavy atom. The van der Waals surface area contributed by atoms with Gasteiger partial charge < -0.3 is 20.3 Å². The summed E-state index contributed by atoms with van der Waals surface area (Å²) in [6.07, 6.45) is -2.71. The van der Waals surface area contributed by atoms with Crippen LogP contribution in [0.25, 0.3) is 21.9 Å². The van der Waals surface area contributed by atoms with Gasteiger partial charge in [0.2, 0.25) is 5.91 Å². The number of alkyl halides is 3. The zero-order valence-corrected chi connectivity index (χ0v) is 23.5. The summed E-state index contributed by atoms with van der Waals surface area (Å²) in [6, 6.07) is 18.5. The normalized spacial score (nSPS) is 13.5. The second kappa shape index (κ2) is 11.0. The van der Waals surface area contributed by atoms with Crippen LogP contribution >= 0.6 is 0 Å². The molecule has 0 unspecified atom stereocenters. The summed E-state index contributed by atoms with van der Waals surface area (Å²) < 4.78 is 42.7. The highest BCUT2D eigenvalue weighted by Gasteiger charge is 2.35. The van der Waals surface area contributed by atoms with E-state index in [0.717, 1.165) is 22.0 Å². The summed E-state index contributed by atoms with van der Waals surface area (Å²) in [5.41, 5.74) is 8.71. The van der Waals surface area contributed by atoms with Crippen molar-refractivity contribution in [2.75, 3.05) is 6.54 Å². The third-order valence-corrected chi connectivity index (χ3v) is 7.43. The zero-order valence-electron chi connectivity index (χ0n) is 23.5. The minimum Gasteiger partial charge on any atom is -0.406 e. The van der Waals surface area contributed by atoms with Gasteiger partial charge >= 0.3 is 12.4 Å². The summed E-state index contributed by atoms with van der Waals surface area (Å²) in [5, 5.41) is 1.99. The Kier molecular flexibility index (Phi) is 7.57. The van der Waals surface area contributed by atoms with Gasteiger partial charge in [-0.1, -0.05) is 42.5 Å². The van der Waals surface area contributed by atoms with Crippen LogP contribution in [0.15, 0.2) is 72.9 Å². The largest absolute Gasteiger partial charge is 0.573 e. The van der Waals surface area contributed by atoms with Crippen LogP contribution in [0.3, 0.4) is 0 Å². The average Bonchev–Trinajstić information content (AvgIpc) is 2.93. The predicted molar refractivity (Wildman–Crippen MR) is 154 cm³/mol. The molecule has 0 saturated heterocycles. The number of rotatable bonds is 5. The number of amides is 3. The first kappa shape index (κ1) is 28.9. The van der Waals surface area contributed by atoms with Gasteiger partial charge in [-0.2, -0.15) is 0 Å². The van der Waals surface area contributed by atoms with Gasteiger partial charge in [0, 0.05) is 35.8 Å². The second-order valence-corrected chi connectivity index (χ2v) is 11.2. The fraction of sp³-hybridized carbons (Fsp3) is 0.281. The minimum absolute atomic E-state index is 0.120. The third-order valence-electron chi connectivity index (χ3n) is 7.43.